The first-order valence-corrected chi connectivity index (χ1v) is 6.77. The Labute approximate surface area is 110 Å². The molecule has 0 aliphatic carbocycles. The number of hydrogen-bond donors (Lipinski definition) is 1. The van der Waals surface area contributed by atoms with Crippen LogP contribution >= 0.6 is 11.3 Å². The topological polar surface area (TPSA) is 38.7 Å². The monoisotopic (exact) mass is 262 g/mol. The molecule has 0 saturated carbocycles. The zero-order chi connectivity index (χ0) is 12.5. The van der Waals surface area contributed by atoms with E-state index in [0.29, 0.717) is 12.2 Å². The molecule has 1 aliphatic rings. The summed E-state index contributed by atoms with van der Waals surface area (Å²) in [5, 5.41) is 14.3. The standard InChI is InChI=1S/C14H14O3S/c1-16-10-2-3-11-12(15)7-13(17-14(11)6-10)9-4-5-18-8-9/h2-6,8,12-13,15H,7H2,1H3/t12-,13?/m1/s1. The van der Waals surface area contributed by atoms with E-state index in [4.69, 9.17) is 9.47 Å². The van der Waals surface area contributed by atoms with Crippen molar-refractivity contribution in [3.8, 4) is 11.5 Å². The maximum absolute atomic E-state index is 10.2. The minimum atomic E-state index is -0.482. The van der Waals surface area contributed by atoms with Crippen LogP contribution in [-0.4, -0.2) is 12.2 Å². The zero-order valence-corrected chi connectivity index (χ0v) is 10.8. The number of aliphatic hydroxyl groups is 1. The van der Waals surface area contributed by atoms with Crippen molar-refractivity contribution in [3.05, 3.63) is 46.2 Å². The van der Waals surface area contributed by atoms with Crippen molar-refractivity contribution in [3.63, 3.8) is 0 Å². The van der Waals surface area contributed by atoms with Crippen molar-refractivity contribution in [2.24, 2.45) is 0 Å². The fraction of sp³-hybridized carbons (Fsp3) is 0.286. The first-order valence-electron chi connectivity index (χ1n) is 5.82. The third-order valence-electron chi connectivity index (χ3n) is 3.20. The van der Waals surface area contributed by atoms with E-state index in [1.165, 1.54) is 0 Å². The number of thiophene rings is 1. The number of ether oxygens (including phenoxy) is 2. The van der Waals surface area contributed by atoms with Crippen molar-refractivity contribution < 1.29 is 14.6 Å². The van der Waals surface area contributed by atoms with E-state index in [-0.39, 0.29) is 6.10 Å². The Kier molecular flexibility index (Phi) is 2.97. The Morgan fingerprint density at radius 3 is 3.00 bits per heavy atom. The highest BCUT2D eigenvalue weighted by molar-refractivity contribution is 7.07. The first kappa shape index (κ1) is 11.6. The molecular weight excluding hydrogens is 248 g/mol. The van der Waals surface area contributed by atoms with Crippen molar-refractivity contribution in [1.29, 1.82) is 0 Å². The largest absolute Gasteiger partial charge is 0.497 e. The van der Waals surface area contributed by atoms with Crippen LogP contribution in [0.2, 0.25) is 0 Å². The van der Waals surface area contributed by atoms with Gasteiger partial charge in [0, 0.05) is 23.6 Å². The van der Waals surface area contributed by atoms with Crippen LogP contribution in [0.3, 0.4) is 0 Å². The number of methoxy groups -OCH3 is 1. The fourth-order valence-electron chi connectivity index (χ4n) is 2.21. The minimum absolute atomic E-state index is 0.0779. The van der Waals surface area contributed by atoms with Gasteiger partial charge in [-0.1, -0.05) is 0 Å². The van der Waals surface area contributed by atoms with Gasteiger partial charge in [0.2, 0.25) is 0 Å². The third-order valence-corrected chi connectivity index (χ3v) is 3.90. The number of rotatable bonds is 2. The maximum Gasteiger partial charge on any atom is 0.129 e. The van der Waals surface area contributed by atoms with Crippen LogP contribution in [0.4, 0.5) is 0 Å². The van der Waals surface area contributed by atoms with Gasteiger partial charge >= 0.3 is 0 Å². The summed E-state index contributed by atoms with van der Waals surface area (Å²) in [6.07, 6.45) is 0.0335. The fourth-order valence-corrected chi connectivity index (χ4v) is 2.91. The molecule has 0 radical (unpaired) electrons. The summed E-state index contributed by atoms with van der Waals surface area (Å²) in [7, 11) is 1.62. The summed E-state index contributed by atoms with van der Waals surface area (Å²) >= 11 is 1.64. The predicted octanol–water partition coefficient (Wildman–Crippen LogP) is 3.31. The molecule has 2 heterocycles. The van der Waals surface area contributed by atoms with E-state index >= 15 is 0 Å². The molecule has 3 nitrogen and oxygen atoms in total. The summed E-state index contributed by atoms with van der Waals surface area (Å²) in [6.45, 7) is 0. The smallest absolute Gasteiger partial charge is 0.129 e. The Morgan fingerprint density at radius 2 is 2.28 bits per heavy atom. The van der Waals surface area contributed by atoms with Crippen molar-refractivity contribution in [1.82, 2.24) is 0 Å². The Balaban J connectivity index is 1.95. The summed E-state index contributed by atoms with van der Waals surface area (Å²) in [6, 6.07) is 7.57. The highest BCUT2D eigenvalue weighted by Gasteiger charge is 2.28. The molecule has 94 valence electrons. The molecule has 2 aromatic rings. The van der Waals surface area contributed by atoms with Crippen LogP contribution in [0, 0.1) is 0 Å². The lowest BCUT2D eigenvalue weighted by Crippen LogP contribution is -2.18. The summed E-state index contributed by atoms with van der Waals surface area (Å²) < 4.78 is 11.1. The number of benzene rings is 1. The van der Waals surface area contributed by atoms with Crippen LogP contribution in [0.1, 0.15) is 29.8 Å². The molecule has 0 spiro atoms. The lowest BCUT2D eigenvalue weighted by Gasteiger charge is -2.29. The molecule has 3 rings (SSSR count). The molecule has 2 atom stereocenters. The van der Waals surface area contributed by atoms with Gasteiger partial charge in [-0.05, 0) is 29.0 Å². The lowest BCUT2D eigenvalue weighted by molar-refractivity contribution is 0.0657. The van der Waals surface area contributed by atoms with Crippen LogP contribution in [0.25, 0.3) is 0 Å². The van der Waals surface area contributed by atoms with Crippen LogP contribution < -0.4 is 9.47 Å². The van der Waals surface area contributed by atoms with E-state index in [1.807, 2.05) is 29.6 Å². The Morgan fingerprint density at radius 1 is 1.39 bits per heavy atom. The second-order valence-electron chi connectivity index (χ2n) is 4.32. The summed E-state index contributed by atoms with van der Waals surface area (Å²) in [5.41, 5.74) is 1.95. The molecule has 0 fully saturated rings. The summed E-state index contributed by atoms with van der Waals surface area (Å²) in [4.78, 5) is 0. The van der Waals surface area contributed by atoms with E-state index in [1.54, 1.807) is 18.4 Å². The van der Waals surface area contributed by atoms with Crippen molar-refractivity contribution in [2.45, 2.75) is 18.6 Å². The minimum Gasteiger partial charge on any atom is -0.497 e. The van der Waals surface area contributed by atoms with E-state index < -0.39 is 6.10 Å². The van der Waals surface area contributed by atoms with E-state index in [9.17, 15) is 5.11 Å². The van der Waals surface area contributed by atoms with Gasteiger partial charge in [-0.15, -0.1) is 0 Å². The van der Waals surface area contributed by atoms with Gasteiger partial charge in [-0.2, -0.15) is 11.3 Å². The quantitative estimate of drug-likeness (QED) is 0.902. The van der Waals surface area contributed by atoms with Gasteiger partial charge in [-0.25, -0.2) is 0 Å². The van der Waals surface area contributed by atoms with Crippen LogP contribution in [0.5, 0.6) is 11.5 Å². The molecular formula is C14H14O3S. The number of fused-ring (bicyclic) bond motifs is 1. The highest BCUT2D eigenvalue weighted by Crippen LogP contribution is 2.42. The van der Waals surface area contributed by atoms with Gasteiger partial charge in [0.05, 0.1) is 13.2 Å². The average molecular weight is 262 g/mol. The van der Waals surface area contributed by atoms with Crippen molar-refractivity contribution in [2.75, 3.05) is 7.11 Å². The van der Waals surface area contributed by atoms with Gasteiger partial charge in [0.15, 0.2) is 0 Å². The third kappa shape index (κ3) is 1.98. The Bertz CT molecular complexity index is 536. The predicted molar refractivity (Wildman–Crippen MR) is 70.3 cm³/mol. The SMILES string of the molecule is COc1ccc2c(c1)OC(c1ccsc1)C[C@H]2O. The lowest BCUT2D eigenvalue weighted by atomic mass is 9.96. The highest BCUT2D eigenvalue weighted by atomic mass is 32.1. The maximum atomic E-state index is 10.2. The molecule has 0 amide bonds. The zero-order valence-electron chi connectivity index (χ0n) is 10.00. The second kappa shape index (κ2) is 4.63. The molecule has 0 bridgehead atoms. The Hall–Kier alpha value is -1.52. The first-order chi connectivity index (χ1) is 8.78. The van der Waals surface area contributed by atoms with E-state index in [0.717, 1.165) is 16.9 Å². The van der Waals surface area contributed by atoms with Crippen molar-refractivity contribution >= 4 is 11.3 Å². The average Bonchev–Trinajstić information content (AvgIpc) is 2.91. The molecule has 1 N–H and O–H groups in total. The van der Waals surface area contributed by atoms with E-state index in [2.05, 4.69) is 5.38 Å². The van der Waals surface area contributed by atoms with Gasteiger partial charge in [0.1, 0.15) is 17.6 Å². The van der Waals surface area contributed by atoms with Gasteiger partial charge in [-0.3, -0.25) is 0 Å². The molecule has 1 aliphatic heterocycles. The summed E-state index contributed by atoms with van der Waals surface area (Å²) in [5.74, 6) is 1.45. The van der Waals surface area contributed by atoms with Crippen LogP contribution in [0.15, 0.2) is 35.0 Å². The van der Waals surface area contributed by atoms with Gasteiger partial charge in [0.25, 0.3) is 0 Å². The molecule has 1 aromatic carbocycles. The molecule has 1 aromatic heterocycles. The molecule has 4 heteroatoms. The van der Waals surface area contributed by atoms with Gasteiger partial charge < -0.3 is 14.6 Å². The molecule has 1 unspecified atom stereocenters. The molecule has 0 saturated heterocycles. The number of hydrogen-bond acceptors (Lipinski definition) is 4. The molecule has 18 heavy (non-hydrogen) atoms. The van der Waals surface area contributed by atoms with Crippen LogP contribution in [-0.2, 0) is 0 Å². The normalized spacial score (nSPS) is 22.1. The second-order valence-corrected chi connectivity index (χ2v) is 5.10. The number of aliphatic hydroxyl groups excluding tert-OH is 1.